The van der Waals surface area contributed by atoms with Crippen LogP contribution in [-0.4, -0.2) is 42.8 Å². The Morgan fingerprint density at radius 2 is 2.06 bits per heavy atom. The summed E-state index contributed by atoms with van der Waals surface area (Å²) in [6.07, 6.45) is 2.82. The van der Waals surface area contributed by atoms with Gasteiger partial charge in [0.2, 0.25) is 0 Å². The number of nitrogens with zero attached hydrogens (tertiary/aromatic N) is 1. The number of hydrogen-bond donors (Lipinski definition) is 1. The number of hydrogen-bond acceptors (Lipinski definition) is 3. The molecule has 1 fully saturated rings. The van der Waals surface area contributed by atoms with Crippen LogP contribution in [-0.2, 0) is 4.74 Å². The molecule has 0 aromatic carbocycles. The predicted octanol–water partition coefficient (Wildman–Crippen LogP) is 2.25. The van der Waals surface area contributed by atoms with Crippen LogP contribution < -0.4 is 5.73 Å². The van der Waals surface area contributed by atoms with Crippen molar-refractivity contribution in [3.8, 4) is 0 Å². The van der Waals surface area contributed by atoms with Crippen molar-refractivity contribution in [2.45, 2.75) is 65.6 Å². The molecule has 3 nitrogen and oxygen atoms in total. The minimum Gasteiger partial charge on any atom is -0.377 e. The fourth-order valence-electron chi connectivity index (χ4n) is 3.16. The first-order chi connectivity index (χ1) is 7.86. The van der Waals surface area contributed by atoms with Crippen LogP contribution in [0.3, 0.4) is 0 Å². The molecule has 0 saturated carbocycles. The Hall–Kier alpha value is -0.120. The van der Waals surface area contributed by atoms with Crippen LogP contribution >= 0.6 is 0 Å². The van der Waals surface area contributed by atoms with Gasteiger partial charge in [0.1, 0.15) is 0 Å². The van der Waals surface area contributed by atoms with Crippen LogP contribution in [0.4, 0.5) is 0 Å². The summed E-state index contributed by atoms with van der Waals surface area (Å²) in [6.45, 7) is 14.2. The Balaban J connectivity index is 2.67. The third kappa shape index (κ3) is 4.23. The summed E-state index contributed by atoms with van der Waals surface area (Å²) >= 11 is 0. The molecule has 0 radical (unpaired) electrons. The first-order valence-corrected chi connectivity index (χ1v) is 6.97. The molecule has 2 N–H and O–H groups in total. The smallest absolute Gasteiger partial charge is 0.0702 e. The highest BCUT2D eigenvalue weighted by atomic mass is 16.5. The largest absolute Gasteiger partial charge is 0.377 e. The zero-order valence-electron chi connectivity index (χ0n) is 12.2. The molecule has 3 heteroatoms. The second-order valence-corrected chi connectivity index (χ2v) is 6.39. The molecule has 0 bridgehead atoms. The van der Waals surface area contributed by atoms with Crippen molar-refractivity contribution < 1.29 is 4.74 Å². The van der Waals surface area contributed by atoms with E-state index in [1.807, 2.05) is 0 Å². The van der Waals surface area contributed by atoms with E-state index in [0.29, 0.717) is 12.1 Å². The molecule has 1 aliphatic rings. The highest BCUT2D eigenvalue weighted by Gasteiger charge is 2.34. The normalized spacial score (nSPS) is 25.2. The lowest BCUT2D eigenvalue weighted by Gasteiger charge is -2.43. The Labute approximate surface area is 107 Å². The van der Waals surface area contributed by atoms with Crippen LogP contribution in [0.25, 0.3) is 0 Å². The maximum absolute atomic E-state index is 6.19. The van der Waals surface area contributed by atoms with Gasteiger partial charge >= 0.3 is 0 Å². The van der Waals surface area contributed by atoms with Gasteiger partial charge in [0.25, 0.3) is 0 Å². The van der Waals surface area contributed by atoms with Gasteiger partial charge < -0.3 is 10.5 Å². The van der Waals surface area contributed by atoms with Crippen LogP contribution in [0.5, 0.6) is 0 Å². The second-order valence-electron chi connectivity index (χ2n) is 6.39. The van der Waals surface area contributed by atoms with E-state index in [1.165, 1.54) is 12.8 Å². The lowest BCUT2D eigenvalue weighted by molar-refractivity contribution is 0.0240. The summed E-state index contributed by atoms with van der Waals surface area (Å²) in [6, 6.07) is 0.605. The average Bonchev–Trinajstić information content (AvgIpc) is 2.66. The van der Waals surface area contributed by atoms with Crippen molar-refractivity contribution in [1.82, 2.24) is 4.90 Å². The summed E-state index contributed by atoms with van der Waals surface area (Å²) in [5, 5.41) is 0. The first kappa shape index (κ1) is 14.9. The summed E-state index contributed by atoms with van der Waals surface area (Å²) in [4.78, 5) is 2.50. The van der Waals surface area contributed by atoms with E-state index < -0.39 is 0 Å². The lowest BCUT2D eigenvalue weighted by atomic mass is 9.81. The minimum atomic E-state index is 0.191. The van der Waals surface area contributed by atoms with Crippen LogP contribution in [0.1, 0.15) is 47.5 Å². The molecule has 0 aromatic rings. The highest BCUT2D eigenvalue weighted by molar-refractivity contribution is 4.90. The number of rotatable bonds is 5. The summed E-state index contributed by atoms with van der Waals surface area (Å²) in [5.41, 5.74) is 6.40. The van der Waals surface area contributed by atoms with E-state index in [1.54, 1.807) is 0 Å². The molecule has 0 aliphatic carbocycles. The molecule has 1 heterocycles. The molecule has 17 heavy (non-hydrogen) atoms. The summed E-state index contributed by atoms with van der Waals surface area (Å²) in [7, 11) is 0. The zero-order valence-corrected chi connectivity index (χ0v) is 12.2. The van der Waals surface area contributed by atoms with Gasteiger partial charge in [-0.25, -0.2) is 0 Å². The van der Waals surface area contributed by atoms with Gasteiger partial charge in [0.15, 0.2) is 0 Å². The third-order valence-electron chi connectivity index (χ3n) is 3.65. The Morgan fingerprint density at radius 3 is 2.41 bits per heavy atom. The average molecular weight is 242 g/mol. The van der Waals surface area contributed by atoms with Crippen molar-refractivity contribution in [2.75, 3.05) is 19.7 Å². The fraction of sp³-hybridized carbons (Fsp3) is 1.00. The maximum Gasteiger partial charge on any atom is 0.0702 e. The van der Waals surface area contributed by atoms with Crippen molar-refractivity contribution in [1.29, 1.82) is 0 Å². The fourth-order valence-corrected chi connectivity index (χ4v) is 3.16. The first-order valence-electron chi connectivity index (χ1n) is 6.97. The predicted molar refractivity (Wildman–Crippen MR) is 73.1 cm³/mol. The number of likely N-dealkylation sites (N-methyl/N-ethyl adjacent to an activating group) is 1. The van der Waals surface area contributed by atoms with Gasteiger partial charge in [0, 0.05) is 25.2 Å². The third-order valence-corrected chi connectivity index (χ3v) is 3.65. The molecule has 0 amide bonds. The van der Waals surface area contributed by atoms with Crippen molar-refractivity contribution in [3.63, 3.8) is 0 Å². The lowest BCUT2D eigenvalue weighted by Crippen LogP contribution is -2.55. The maximum atomic E-state index is 6.19. The Bertz CT molecular complexity index is 217. The van der Waals surface area contributed by atoms with Crippen molar-refractivity contribution >= 4 is 0 Å². The van der Waals surface area contributed by atoms with Gasteiger partial charge in [-0.15, -0.1) is 0 Å². The van der Waals surface area contributed by atoms with Gasteiger partial charge in [0.05, 0.1) is 6.10 Å². The molecular weight excluding hydrogens is 212 g/mol. The molecule has 0 aromatic heterocycles. The molecule has 102 valence electrons. The minimum absolute atomic E-state index is 0.191. The van der Waals surface area contributed by atoms with Gasteiger partial charge in [-0.05, 0) is 31.7 Å². The van der Waals surface area contributed by atoms with E-state index in [4.69, 9.17) is 10.5 Å². The van der Waals surface area contributed by atoms with E-state index in [-0.39, 0.29) is 11.5 Å². The standard InChI is InChI=1S/C14H30N2O/c1-6-16(10-12-8-7-9-17-12)13(11(2)15)14(3,4)5/h11-13H,6-10,15H2,1-5H3. The number of ether oxygens (including phenoxy) is 1. The molecule has 3 unspecified atom stereocenters. The van der Waals surface area contributed by atoms with Gasteiger partial charge in [-0.3, -0.25) is 4.90 Å². The van der Waals surface area contributed by atoms with E-state index >= 15 is 0 Å². The highest BCUT2D eigenvalue weighted by Crippen LogP contribution is 2.27. The molecule has 1 aliphatic heterocycles. The number of nitrogens with two attached hydrogens (primary N) is 1. The van der Waals surface area contributed by atoms with Crippen LogP contribution in [0, 0.1) is 5.41 Å². The van der Waals surface area contributed by atoms with Crippen LogP contribution in [0.2, 0.25) is 0 Å². The van der Waals surface area contributed by atoms with Crippen molar-refractivity contribution in [3.05, 3.63) is 0 Å². The van der Waals surface area contributed by atoms with E-state index in [2.05, 4.69) is 39.5 Å². The molecular formula is C14H30N2O. The summed E-state index contributed by atoms with van der Waals surface area (Å²) < 4.78 is 5.75. The quantitative estimate of drug-likeness (QED) is 0.803. The topological polar surface area (TPSA) is 38.5 Å². The van der Waals surface area contributed by atoms with Gasteiger partial charge in [-0.2, -0.15) is 0 Å². The summed E-state index contributed by atoms with van der Waals surface area (Å²) in [5.74, 6) is 0. The van der Waals surface area contributed by atoms with Crippen LogP contribution in [0.15, 0.2) is 0 Å². The Kier molecular flexibility index (Phi) is 5.42. The van der Waals surface area contributed by atoms with E-state index in [0.717, 1.165) is 19.7 Å². The molecule has 0 spiro atoms. The Morgan fingerprint density at radius 1 is 1.41 bits per heavy atom. The second kappa shape index (κ2) is 6.17. The van der Waals surface area contributed by atoms with Crippen molar-refractivity contribution in [2.24, 2.45) is 11.1 Å². The van der Waals surface area contributed by atoms with E-state index in [9.17, 15) is 0 Å². The monoisotopic (exact) mass is 242 g/mol. The zero-order chi connectivity index (χ0) is 13.1. The molecule has 1 saturated heterocycles. The van der Waals surface area contributed by atoms with Gasteiger partial charge in [-0.1, -0.05) is 27.7 Å². The SMILES string of the molecule is CCN(CC1CCCO1)C(C(C)N)C(C)(C)C. The molecule has 1 rings (SSSR count). The molecule has 3 atom stereocenters.